The standard InChI is InChI=1S/C21H15BrF2N2OS/c22-16-11-15(23)12-17(24)19(16)25-21(28)26-20(27)18(13-7-3-1-4-8-13)14-9-5-2-6-10-14/h1-12,18H,(H2,25,26,27,28). The number of hydrogen-bond donors (Lipinski definition) is 2. The van der Waals surface area contributed by atoms with Crippen molar-refractivity contribution in [3.63, 3.8) is 0 Å². The quantitative estimate of drug-likeness (QED) is 0.514. The van der Waals surface area contributed by atoms with Gasteiger partial charge in [-0.1, -0.05) is 60.7 Å². The predicted octanol–water partition coefficient (Wildman–Crippen LogP) is 5.37. The first-order valence-electron chi connectivity index (χ1n) is 8.32. The van der Waals surface area contributed by atoms with Crippen molar-refractivity contribution in [2.45, 2.75) is 5.92 Å². The van der Waals surface area contributed by atoms with Crippen LogP contribution in [0.3, 0.4) is 0 Å². The SMILES string of the molecule is O=C(NC(=S)Nc1c(F)cc(F)cc1Br)C(c1ccccc1)c1ccccc1. The van der Waals surface area contributed by atoms with Crippen LogP contribution < -0.4 is 10.6 Å². The molecule has 7 heteroatoms. The Hall–Kier alpha value is -2.64. The van der Waals surface area contributed by atoms with Gasteiger partial charge in [-0.2, -0.15) is 0 Å². The van der Waals surface area contributed by atoms with Gasteiger partial charge in [0, 0.05) is 10.5 Å². The van der Waals surface area contributed by atoms with Crippen molar-refractivity contribution in [3.8, 4) is 0 Å². The fourth-order valence-electron chi connectivity index (χ4n) is 2.78. The van der Waals surface area contributed by atoms with Gasteiger partial charge in [0.25, 0.3) is 0 Å². The highest BCUT2D eigenvalue weighted by Crippen LogP contribution is 2.27. The van der Waals surface area contributed by atoms with Crippen LogP contribution in [-0.2, 0) is 4.79 Å². The molecule has 0 radical (unpaired) electrons. The summed E-state index contributed by atoms with van der Waals surface area (Å²) >= 11 is 8.24. The van der Waals surface area contributed by atoms with Crippen LogP contribution in [0.15, 0.2) is 77.3 Å². The van der Waals surface area contributed by atoms with Crippen LogP contribution in [0.25, 0.3) is 0 Å². The van der Waals surface area contributed by atoms with Gasteiger partial charge in [-0.3, -0.25) is 4.79 Å². The molecule has 0 spiro atoms. The summed E-state index contributed by atoms with van der Waals surface area (Å²) in [5.41, 5.74) is 1.54. The second kappa shape index (κ2) is 9.03. The zero-order valence-corrected chi connectivity index (χ0v) is 16.9. The van der Waals surface area contributed by atoms with Crippen LogP contribution >= 0.6 is 28.1 Å². The van der Waals surface area contributed by atoms with E-state index in [2.05, 4.69) is 26.6 Å². The molecule has 0 aliphatic heterocycles. The van der Waals surface area contributed by atoms with E-state index in [1.807, 2.05) is 60.7 Å². The lowest BCUT2D eigenvalue weighted by Crippen LogP contribution is -2.38. The number of rotatable bonds is 4. The summed E-state index contributed by atoms with van der Waals surface area (Å²) in [7, 11) is 0. The Kier molecular flexibility index (Phi) is 6.49. The highest BCUT2D eigenvalue weighted by molar-refractivity contribution is 9.10. The maximum Gasteiger partial charge on any atom is 0.238 e. The lowest BCUT2D eigenvalue weighted by Gasteiger charge is -2.19. The van der Waals surface area contributed by atoms with E-state index < -0.39 is 17.6 Å². The third-order valence-corrected chi connectivity index (χ3v) is 4.84. The highest BCUT2D eigenvalue weighted by Gasteiger charge is 2.23. The Balaban J connectivity index is 1.82. The Labute approximate surface area is 174 Å². The van der Waals surface area contributed by atoms with Gasteiger partial charge in [-0.15, -0.1) is 0 Å². The lowest BCUT2D eigenvalue weighted by molar-refractivity contribution is -0.120. The number of carbonyl (C=O) groups is 1. The molecule has 0 unspecified atom stereocenters. The van der Waals surface area contributed by atoms with Gasteiger partial charge in [0.1, 0.15) is 5.82 Å². The molecule has 2 N–H and O–H groups in total. The van der Waals surface area contributed by atoms with Crippen LogP contribution in [0.5, 0.6) is 0 Å². The third kappa shape index (κ3) is 4.79. The minimum atomic E-state index is -0.828. The van der Waals surface area contributed by atoms with E-state index in [0.717, 1.165) is 23.3 Å². The van der Waals surface area contributed by atoms with Gasteiger partial charge in [0.15, 0.2) is 10.9 Å². The van der Waals surface area contributed by atoms with Crippen molar-refractivity contribution in [1.82, 2.24) is 5.32 Å². The summed E-state index contributed by atoms with van der Waals surface area (Å²) in [6.07, 6.45) is 0. The molecule has 0 aliphatic rings. The lowest BCUT2D eigenvalue weighted by atomic mass is 9.90. The van der Waals surface area contributed by atoms with Gasteiger partial charge < -0.3 is 10.6 Å². The molecule has 0 aliphatic carbocycles. The molecule has 0 heterocycles. The van der Waals surface area contributed by atoms with Crippen molar-refractivity contribution < 1.29 is 13.6 Å². The molecule has 3 aromatic rings. The topological polar surface area (TPSA) is 41.1 Å². The van der Waals surface area contributed by atoms with E-state index in [0.29, 0.717) is 0 Å². The van der Waals surface area contributed by atoms with Crippen molar-refractivity contribution in [2.24, 2.45) is 0 Å². The second-order valence-electron chi connectivity index (χ2n) is 5.94. The molecule has 3 nitrogen and oxygen atoms in total. The zero-order valence-electron chi connectivity index (χ0n) is 14.5. The van der Waals surface area contributed by atoms with E-state index in [-0.39, 0.29) is 21.2 Å². The minimum absolute atomic E-state index is 0.0531. The van der Waals surface area contributed by atoms with Crippen LogP contribution in [0, 0.1) is 11.6 Å². The number of anilines is 1. The molecule has 3 rings (SSSR count). The molecular weight excluding hydrogens is 446 g/mol. The molecule has 0 atom stereocenters. The Morgan fingerprint density at radius 3 is 1.96 bits per heavy atom. The molecule has 1 amide bonds. The molecular formula is C21H15BrF2N2OS. The van der Waals surface area contributed by atoms with E-state index in [1.54, 1.807) is 0 Å². The summed E-state index contributed by atoms with van der Waals surface area (Å²) in [5, 5.41) is 5.11. The smallest absolute Gasteiger partial charge is 0.238 e. The van der Waals surface area contributed by atoms with Crippen molar-refractivity contribution in [1.29, 1.82) is 0 Å². The number of nitrogens with one attached hydrogen (secondary N) is 2. The Bertz CT molecular complexity index is 937. The first-order chi connectivity index (χ1) is 13.5. The van der Waals surface area contributed by atoms with E-state index in [4.69, 9.17) is 12.2 Å². The average Bonchev–Trinajstić information content (AvgIpc) is 2.66. The average molecular weight is 461 g/mol. The van der Waals surface area contributed by atoms with Gasteiger partial charge >= 0.3 is 0 Å². The first kappa shape index (κ1) is 20.1. The van der Waals surface area contributed by atoms with Gasteiger partial charge in [-0.25, -0.2) is 8.78 Å². The molecule has 0 saturated heterocycles. The Morgan fingerprint density at radius 1 is 0.929 bits per heavy atom. The summed E-state index contributed by atoms with van der Waals surface area (Å²) in [5.74, 6) is -2.51. The summed E-state index contributed by atoms with van der Waals surface area (Å²) in [6, 6.07) is 20.4. The fourth-order valence-corrected chi connectivity index (χ4v) is 3.49. The second-order valence-corrected chi connectivity index (χ2v) is 7.20. The first-order valence-corrected chi connectivity index (χ1v) is 9.52. The van der Waals surface area contributed by atoms with Crippen LogP contribution in [0.1, 0.15) is 17.0 Å². The molecule has 28 heavy (non-hydrogen) atoms. The molecule has 142 valence electrons. The van der Waals surface area contributed by atoms with Crippen LogP contribution in [-0.4, -0.2) is 11.0 Å². The van der Waals surface area contributed by atoms with E-state index in [9.17, 15) is 13.6 Å². The maximum absolute atomic E-state index is 14.0. The third-order valence-electron chi connectivity index (χ3n) is 4.01. The monoisotopic (exact) mass is 460 g/mol. The summed E-state index contributed by atoms with van der Waals surface area (Å²) in [6.45, 7) is 0. The molecule has 0 aromatic heterocycles. The highest BCUT2D eigenvalue weighted by atomic mass is 79.9. The molecule has 0 saturated carbocycles. The normalized spacial score (nSPS) is 10.6. The number of benzene rings is 3. The molecule has 0 bridgehead atoms. The number of thiocarbonyl (C=S) groups is 1. The Morgan fingerprint density at radius 2 is 1.46 bits per heavy atom. The number of amides is 1. The number of hydrogen-bond acceptors (Lipinski definition) is 2. The maximum atomic E-state index is 14.0. The van der Waals surface area contributed by atoms with Gasteiger partial charge in [0.05, 0.1) is 11.6 Å². The molecule has 3 aromatic carbocycles. The fraction of sp³-hybridized carbons (Fsp3) is 0.0476. The van der Waals surface area contributed by atoms with Crippen molar-refractivity contribution in [3.05, 3.63) is 100 Å². The van der Waals surface area contributed by atoms with Gasteiger partial charge in [-0.05, 0) is 45.3 Å². The summed E-state index contributed by atoms with van der Waals surface area (Å²) < 4.78 is 27.4. The summed E-state index contributed by atoms with van der Waals surface area (Å²) in [4.78, 5) is 13.0. The van der Waals surface area contributed by atoms with E-state index >= 15 is 0 Å². The minimum Gasteiger partial charge on any atom is -0.329 e. The van der Waals surface area contributed by atoms with E-state index in [1.165, 1.54) is 0 Å². The number of halogens is 3. The number of carbonyl (C=O) groups excluding carboxylic acids is 1. The molecule has 0 fully saturated rings. The van der Waals surface area contributed by atoms with Crippen molar-refractivity contribution >= 4 is 44.9 Å². The van der Waals surface area contributed by atoms with Crippen LogP contribution in [0.2, 0.25) is 0 Å². The van der Waals surface area contributed by atoms with Crippen molar-refractivity contribution in [2.75, 3.05) is 5.32 Å². The zero-order chi connectivity index (χ0) is 20.1. The van der Waals surface area contributed by atoms with Crippen LogP contribution in [0.4, 0.5) is 14.5 Å². The largest absolute Gasteiger partial charge is 0.329 e. The predicted molar refractivity (Wildman–Crippen MR) is 113 cm³/mol. The van der Waals surface area contributed by atoms with Gasteiger partial charge in [0.2, 0.25) is 5.91 Å².